The highest BCUT2D eigenvalue weighted by molar-refractivity contribution is 6.18. The average molecular weight is 205 g/mol. The quantitative estimate of drug-likeness (QED) is 0.638. The summed E-state index contributed by atoms with van der Waals surface area (Å²) in [5, 5.41) is 0. The summed E-state index contributed by atoms with van der Waals surface area (Å²) in [6, 6.07) is 0. The summed E-state index contributed by atoms with van der Waals surface area (Å²) in [6.45, 7) is 6.44. The average Bonchev–Trinajstić information content (AvgIpc) is 2.19. The maximum atomic E-state index is 6.00. The Balaban J connectivity index is 2.35. The third kappa shape index (κ3) is 3.47. The van der Waals surface area contributed by atoms with Crippen LogP contribution in [0.5, 0.6) is 0 Å². The van der Waals surface area contributed by atoms with Gasteiger partial charge in [-0.15, -0.1) is 11.6 Å². The van der Waals surface area contributed by atoms with Crippen LogP contribution in [0.1, 0.15) is 39.5 Å². The van der Waals surface area contributed by atoms with Gasteiger partial charge in [-0.2, -0.15) is 0 Å². The molecule has 1 nitrogen and oxygen atoms in total. The first-order valence-corrected chi connectivity index (χ1v) is 5.87. The van der Waals surface area contributed by atoms with E-state index in [1.165, 1.54) is 25.7 Å². The van der Waals surface area contributed by atoms with Crippen LogP contribution in [0.3, 0.4) is 0 Å². The molecular formula is C11H21ClO. The highest BCUT2D eigenvalue weighted by atomic mass is 35.5. The SMILES string of the molecule is CCC(C)(CCl)CC1CCOCC1. The smallest absolute Gasteiger partial charge is 0.0468 e. The van der Waals surface area contributed by atoms with E-state index in [4.69, 9.17) is 16.3 Å². The van der Waals surface area contributed by atoms with Gasteiger partial charge in [0.05, 0.1) is 0 Å². The molecule has 1 fully saturated rings. The number of rotatable bonds is 4. The molecule has 1 aliphatic rings. The molecule has 1 unspecified atom stereocenters. The molecule has 0 bridgehead atoms. The van der Waals surface area contributed by atoms with Crippen LogP contribution in [0.15, 0.2) is 0 Å². The van der Waals surface area contributed by atoms with E-state index < -0.39 is 0 Å². The lowest BCUT2D eigenvalue weighted by atomic mass is 9.78. The molecular weight excluding hydrogens is 184 g/mol. The van der Waals surface area contributed by atoms with Gasteiger partial charge in [0.2, 0.25) is 0 Å². The van der Waals surface area contributed by atoms with E-state index in [-0.39, 0.29) is 0 Å². The van der Waals surface area contributed by atoms with E-state index in [0.717, 1.165) is 25.0 Å². The predicted octanol–water partition coefficient (Wildman–Crippen LogP) is 3.46. The number of alkyl halides is 1. The Morgan fingerprint density at radius 2 is 2.00 bits per heavy atom. The summed E-state index contributed by atoms with van der Waals surface area (Å²) < 4.78 is 5.35. The molecule has 0 amide bonds. The van der Waals surface area contributed by atoms with Crippen LogP contribution in [0.4, 0.5) is 0 Å². The molecule has 0 aliphatic carbocycles. The largest absolute Gasteiger partial charge is 0.381 e. The minimum Gasteiger partial charge on any atom is -0.381 e. The molecule has 0 aromatic carbocycles. The Kier molecular flexibility index (Phi) is 4.54. The molecule has 1 heterocycles. The number of ether oxygens (including phenoxy) is 1. The fourth-order valence-corrected chi connectivity index (χ4v) is 2.24. The molecule has 0 spiro atoms. The van der Waals surface area contributed by atoms with Gasteiger partial charge in [0.1, 0.15) is 0 Å². The molecule has 1 rings (SSSR count). The van der Waals surface area contributed by atoms with Crippen LogP contribution in [-0.2, 0) is 4.74 Å². The Morgan fingerprint density at radius 3 is 2.46 bits per heavy atom. The zero-order valence-corrected chi connectivity index (χ0v) is 9.57. The van der Waals surface area contributed by atoms with Gasteiger partial charge >= 0.3 is 0 Å². The predicted molar refractivity (Wildman–Crippen MR) is 57.3 cm³/mol. The van der Waals surface area contributed by atoms with E-state index in [2.05, 4.69) is 13.8 Å². The van der Waals surface area contributed by atoms with E-state index in [1.54, 1.807) is 0 Å². The second-order valence-corrected chi connectivity index (χ2v) is 4.82. The number of hydrogen-bond acceptors (Lipinski definition) is 1. The van der Waals surface area contributed by atoms with Crippen LogP contribution >= 0.6 is 11.6 Å². The molecule has 1 aliphatic heterocycles. The minimum atomic E-state index is 0.351. The van der Waals surface area contributed by atoms with Crippen molar-refractivity contribution in [3.05, 3.63) is 0 Å². The maximum absolute atomic E-state index is 6.00. The van der Waals surface area contributed by atoms with Crippen molar-refractivity contribution in [1.82, 2.24) is 0 Å². The molecule has 0 aromatic rings. The Hall–Kier alpha value is 0.250. The van der Waals surface area contributed by atoms with Crippen LogP contribution < -0.4 is 0 Å². The molecule has 0 aromatic heterocycles. The van der Waals surface area contributed by atoms with Crippen LogP contribution in [0, 0.1) is 11.3 Å². The lowest BCUT2D eigenvalue weighted by Gasteiger charge is -2.32. The second-order valence-electron chi connectivity index (χ2n) is 4.56. The van der Waals surface area contributed by atoms with E-state index in [9.17, 15) is 0 Å². The number of hydrogen-bond donors (Lipinski definition) is 0. The van der Waals surface area contributed by atoms with Gasteiger partial charge in [-0.1, -0.05) is 13.8 Å². The standard InChI is InChI=1S/C11H21ClO/c1-3-11(2,9-12)8-10-4-6-13-7-5-10/h10H,3-9H2,1-2H3. The monoisotopic (exact) mass is 204 g/mol. The van der Waals surface area contributed by atoms with Crippen molar-refractivity contribution in [3.63, 3.8) is 0 Å². The summed E-state index contributed by atoms with van der Waals surface area (Å²) in [6.07, 6.45) is 4.92. The van der Waals surface area contributed by atoms with E-state index in [1.807, 2.05) is 0 Å². The van der Waals surface area contributed by atoms with Crippen molar-refractivity contribution in [1.29, 1.82) is 0 Å². The van der Waals surface area contributed by atoms with E-state index in [0.29, 0.717) is 5.41 Å². The first-order chi connectivity index (χ1) is 6.20. The number of halogens is 1. The molecule has 2 heteroatoms. The molecule has 0 saturated carbocycles. The van der Waals surface area contributed by atoms with Crippen LogP contribution in [0.2, 0.25) is 0 Å². The third-order valence-corrected chi connectivity index (χ3v) is 3.94. The zero-order valence-electron chi connectivity index (χ0n) is 8.81. The Bertz CT molecular complexity index is 137. The van der Waals surface area contributed by atoms with Crippen molar-refractivity contribution in [2.24, 2.45) is 11.3 Å². The van der Waals surface area contributed by atoms with Crippen molar-refractivity contribution in [2.75, 3.05) is 19.1 Å². The molecule has 78 valence electrons. The van der Waals surface area contributed by atoms with Crippen molar-refractivity contribution < 1.29 is 4.74 Å². The van der Waals surface area contributed by atoms with Crippen molar-refractivity contribution in [2.45, 2.75) is 39.5 Å². The normalized spacial score (nSPS) is 24.2. The summed E-state index contributed by atoms with van der Waals surface area (Å²) in [5.74, 6) is 1.64. The maximum Gasteiger partial charge on any atom is 0.0468 e. The zero-order chi connectivity index (χ0) is 9.73. The van der Waals surface area contributed by atoms with E-state index >= 15 is 0 Å². The van der Waals surface area contributed by atoms with Gasteiger partial charge < -0.3 is 4.74 Å². The molecule has 1 saturated heterocycles. The Morgan fingerprint density at radius 1 is 1.38 bits per heavy atom. The molecule has 13 heavy (non-hydrogen) atoms. The third-order valence-electron chi connectivity index (χ3n) is 3.30. The fourth-order valence-electron chi connectivity index (χ4n) is 1.94. The molecule has 1 atom stereocenters. The first-order valence-electron chi connectivity index (χ1n) is 5.34. The summed E-state index contributed by atoms with van der Waals surface area (Å²) >= 11 is 6.00. The highest BCUT2D eigenvalue weighted by Crippen LogP contribution is 2.34. The molecule has 0 N–H and O–H groups in total. The van der Waals surface area contributed by atoms with Crippen LogP contribution in [-0.4, -0.2) is 19.1 Å². The Labute approximate surface area is 86.8 Å². The minimum absolute atomic E-state index is 0.351. The van der Waals surface area contributed by atoms with Gasteiger partial charge in [0.15, 0.2) is 0 Å². The van der Waals surface area contributed by atoms with Gasteiger partial charge in [-0.05, 0) is 37.0 Å². The van der Waals surface area contributed by atoms with Gasteiger partial charge in [0.25, 0.3) is 0 Å². The highest BCUT2D eigenvalue weighted by Gasteiger charge is 2.26. The topological polar surface area (TPSA) is 9.23 Å². The van der Waals surface area contributed by atoms with Crippen LogP contribution in [0.25, 0.3) is 0 Å². The first kappa shape index (κ1) is 11.3. The lowest BCUT2D eigenvalue weighted by Crippen LogP contribution is -2.25. The van der Waals surface area contributed by atoms with Crippen molar-refractivity contribution in [3.8, 4) is 0 Å². The summed E-state index contributed by atoms with van der Waals surface area (Å²) in [7, 11) is 0. The summed E-state index contributed by atoms with van der Waals surface area (Å²) in [5.41, 5.74) is 0.351. The van der Waals surface area contributed by atoms with Crippen molar-refractivity contribution >= 4 is 11.6 Å². The summed E-state index contributed by atoms with van der Waals surface area (Å²) in [4.78, 5) is 0. The lowest BCUT2D eigenvalue weighted by molar-refractivity contribution is 0.0512. The fraction of sp³-hybridized carbons (Fsp3) is 1.00. The van der Waals surface area contributed by atoms with Gasteiger partial charge in [-0.3, -0.25) is 0 Å². The molecule has 0 radical (unpaired) electrons. The second kappa shape index (κ2) is 5.21. The van der Waals surface area contributed by atoms with Gasteiger partial charge in [-0.25, -0.2) is 0 Å². The van der Waals surface area contributed by atoms with Gasteiger partial charge in [0, 0.05) is 19.1 Å².